The summed E-state index contributed by atoms with van der Waals surface area (Å²) < 4.78 is 25.8. The first-order valence-electron chi connectivity index (χ1n) is 4.71. The van der Waals surface area contributed by atoms with Crippen LogP contribution < -0.4 is 0 Å². The zero-order valence-electron chi connectivity index (χ0n) is 8.08. The van der Waals surface area contributed by atoms with E-state index in [0.717, 1.165) is 5.56 Å². The molecule has 0 spiro atoms. The highest BCUT2D eigenvalue weighted by Gasteiger charge is 2.05. The first-order valence-corrected chi connectivity index (χ1v) is 4.71. The Morgan fingerprint density at radius 1 is 0.933 bits per heavy atom. The first-order chi connectivity index (χ1) is 7.31. The Morgan fingerprint density at radius 3 is 2.27 bits per heavy atom. The van der Waals surface area contributed by atoms with Crippen LogP contribution in [-0.2, 0) is 6.67 Å². The van der Waals surface area contributed by atoms with Crippen molar-refractivity contribution in [2.75, 3.05) is 0 Å². The van der Waals surface area contributed by atoms with E-state index in [9.17, 15) is 8.78 Å². The third-order valence-corrected chi connectivity index (χ3v) is 2.27. The highest BCUT2D eigenvalue weighted by Crippen LogP contribution is 2.23. The lowest BCUT2D eigenvalue weighted by Crippen LogP contribution is -1.87. The smallest absolute Gasteiger partial charge is 0.131 e. The molecular formula is C13H10F2. The fourth-order valence-corrected chi connectivity index (χ4v) is 1.49. The highest BCUT2D eigenvalue weighted by molar-refractivity contribution is 5.64. The molecule has 2 heteroatoms. The largest absolute Gasteiger partial charge is 0.246 e. The van der Waals surface area contributed by atoms with Gasteiger partial charge in [-0.1, -0.05) is 42.5 Å². The third-order valence-electron chi connectivity index (χ3n) is 2.27. The SMILES string of the molecule is FCc1ccc(-c2ccccc2)c(F)c1. The molecular weight excluding hydrogens is 194 g/mol. The molecule has 2 aromatic rings. The Hall–Kier alpha value is -1.70. The van der Waals surface area contributed by atoms with Crippen LogP contribution in [0.1, 0.15) is 5.56 Å². The van der Waals surface area contributed by atoms with E-state index in [1.54, 1.807) is 12.1 Å². The van der Waals surface area contributed by atoms with Crippen molar-refractivity contribution in [2.24, 2.45) is 0 Å². The maximum atomic E-state index is 13.6. The van der Waals surface area contributed by atoms with E-state index in [1.165, 1.54) is 6.07 Å². The normalized spacial score (nSPS) is 10.3. The lowest BCUT2D eigenvalue weighted by atomic mass is 10.0. The molecule has 15 heavy (non-hydrogen) atoms. The van der Waals surface area contributed by atoms with Gasteiger partial charge in [-0.25, -0.2) is 8.78 Å². The van der Waals surface area contributed by atoms with Crippen molar-refractivity contribution in [2.45, 2.75) is 6.67 Å². The number of hydrogen-bond acceptors (Lipinski definition) is 0. The summed E-state index contributed by atoms with van der Waals surface area (Å²) in [7, 11) is 0. The molecule has 0 aromatic heterocycles. The van der Waals surface area contributed by atoms with Gasteiger partial charge in [0, 0.05) is 5.56 Å². The van der Waals surface area contributed by atoms with Gasteiger partial charge in [0.1, 0.15) is 12.5 Å². The summed E-state index contributed by atoms with van der Waals surface area (Å²) >= 11 is 0. The van der Waals surface area contributed by atoms with Gasteiger partial charge in [0.2, 0.25) is 0 Å². The first kappa shape index (κ1) is 9.84. The third kappa shape index (κ3) is 2.04. The van der Waals surface area contributed by atoms with Crippen molar-refractivity contribution in [1.29, 1.82) is 0 Å². The summed E-state index contributed by atoms with van der Waals surface area (Å²) in [6.07, 6.45) is 0. The Balaban J connectivity index is 2.46. The summed E-state index contributed by atoms with van der Waals surface area (Å²) in [5.74, 6) is -0.378. The molecule has 0 saturated carbocycles. The lowest BCUT2D eigenvalue weighted by Gasteiger charge is -2.04. The summed E-state index contributed by atoms with van der Waals surface area (Å²) in [5, 5.41) is 0. The van der Waals surface area contributed by atoms with E-state index < -0.39 is 6.67 Å². The van der Waals surface area contributed by atoms with Crippen molar-refractivity contribution in [1.82, 2.24) is 0 Å². The van der Waals surface area contributed by atoms with Crippen LogP contribution in [0.2, 0.25) is 0 Å². The van der Waals surface area contributed by atoms with Crippen LogP contribution in [0.4, 0.5) is 8.78 Å². The molecule has 0 aliphatic rings. The number of rotatable bonds is 2. The quantitative estimate of drug-likeness (QED) is 0.694. The standard InChI is InChI=1S/C13H10F2/c14-9-10-6-7-12(13(15)8-10)11-4-2-1-3-5-11/h1-8H,9H2. The van der Waals surface area contributed by atoms with Crippen LogP contribution in [0.5, 0.6) is 0 Å². The Kier molecular flexibility index (Phi) is 2.77. The predicted molar refractivity (Wildman–Crippen MR) is 56.6 cm³/mol. The van der Waals surface area contributed by atoms with Crippen LogP contribution in [0.25, 0.3) is 11.1 Å². The zero-order chi connectivity index (χ0) is 10.7. The van der Waals surface area contributed by atoms with Gasteiger partial charge in [-0.05, 0) is 17.2 Å². The molecule has 2 rings (SSSR count). The van der Waals surface area contributed by atoms with Gasteiger partial charge >= 0.3 is 0 Å². The van der Waals surface area contributed by atoms with Crippen molar-refractivity contribution in [3.63, 3.8) is 0 Å². The molecule has 76 valence electrons. The van der Waals surface area contributed by atoms with Gasteiger partial charge in [0.15, 0.2) is 0 Å². The number of benzene rings is 2. The monoisotopic (exact) mass is 204 g/mol. The van der Waals surface area contributed by atoms with Crippen molar-refractivity contribution in [3.05, 3.63) is 59.9 Å². The fraction of sp³-hybridized carbons (Fsp3) is 0.0769. The maximum Gasteiger partial charge on any atom is 0.131 e. The van der Waals surface area contributed by atoms with E-state index in [2.05, 4.69) is 0 Å². The summed E-state index contributed by atoms with van der Waals surface area (Å²) in [6.45, 7) is -0.633. The van der Waals surface area contributed by atoms with Gasteiger partial charge in [0.25, 0.3) is 0 Å². The molecule has 0 aliphatic carbocycles. The molecule has 0 saturated heterocycles. The molecule has 0 aliphatic heterocycles. The zero-order valence-corrected chi connectivity index (χ0v) is 8.08. The van der Waals surface area contributed by atoms with Crippen LogP contribution in [-0.4, -0.2) is 0 Å². The van der Waals surface area contributed by atoms with Gasteiger partial charge in [-0.15, -0.1) is 0 Å². The summed E-state index contributed by atoms with van der Waals surface area (Å²) in [4.78, 5) is 0. The number of alkyl halides is 1. The second kappa shape index (κ2) is 4.22. The summed E-state index contributed by atoms with van der Waals surface area (Å²) in [6, 6.07) is 13.7. The van der Waals surface area contributed by atoms with Crippen LogP contribution in [0.15, 0.2) is 48.5 Å². The van der Waals surface area contributed by atoms with Gasteiger partial charge in [-0.2, -0.15) is 0 Å². The molecule has 0 bridgehead atoms. The predicted octanol–water partition coefficient (Wildman–Crippen LogP) is 3.96. The average molecular weight is 204 g/mol. The number of halogens is 2. The average Bonchev–Trinajstić information content (AvgIpc) is 2.30. The molecule has 0 radical (unpaired) electrons. The van der Waals surface area contributed by atoms with E-state index in [-0.39, 0.29) is 5.82 Å². The molecule has 0 heterocycles. The van der Waals surface area contributed by atoms with Crippen molar-refractivity contribution < 1.29 is 8.78 Å². The Labute approximate surface area is 87.2 Å². The number of hydrogen-bond donors (Lipinski definition) is 0. The molecule has 0 amide bonds. The molecule has 0 N–H and O–H groups in total. The Morgan fingerprint density at radius 2 is 1.67 bits per heavy atom. The van der Waals surface area contributed by atoms with Gasteiger partial charge in [0.05, 0.1) is 0 Å². The molecule has 0 unspecified atom stereocenters. The second-order valence-electron chi connectivity index (χ2n) is 3.31. The van der Waals surface area contributed by atoms with Gasteiger partial charge < -0.3 is 0 Å². The minimum Gasteiger partial charge on any atom is -0.246 e. The fourth-order valence-electron chi connectivity index (χ4n) is 1.49. The lowest BCUT2D eigenvalue weighted by molar-refractivity contribution is 0.482. The Bertz CT molecular complexity index is 449. The molecule has 2 aromatic carbocycles. The second-order valence-corrected chi connectivity index (χ2v) is 3.31. The van der Waals surface area contributed by atoms with E-state index in [4.69, 9.17) is 0 Å². The van der Waals surface area contributed by atoms with Crippen LogP contribution in [0, 0.1) is 5.82 Å². The van der Waals surface area contributed by atoms with Crippen molar-refractivity contribution in [3.8, 4) is 11.1 Å². The minimum atomic E-state index is -0.633. The molecule has 0 nitrogen and oxygen atoms in total. The minimum absolute atomic E-state index is 0.368. The topological polar surface area (TPSA) is 0 Å². The van der Waals surface area contributed by atoms with Crippen LogP contribution in [0.3, 0.4) is 0 Å². The highest BCUT2D eigenvalue weighted by atomic mass is 19.1. The maximum absolute atomic E-state index is 13.6. The molecule has 0 atom stereocenters. The van der Waals surface area contributed by atoms with E-state index >= 15 is 0 Å². The van der Waals surface area contributed by atoms with Crippen molar-refractivity contribution >= 4 is 0 Å². The molecule has 0 fully saturated rings. The van der Waals surface area contributed by atoms with Crippen LogP contribution >= 0.6 is 0 Å². The van der Waals surface area contributed by atoms with E-state index in [0.29, 0.717) is 11.1 Å². The van der Waals surface area contributed by atoms with Gasteiger partial charge in [-0.3, -0.25) is 0 Å². The summed E-state index contributed by atoms with van der Waals surface area (Å²) in [5.41, 5.74) is 1.68. The van der Waals surface area contributed by atoms with E-state index in [1.807, 2.05) is 30.3 Å².